The number of ether oxygens (including phenoxy) is 3. The summed E-state index contributed by atoms with van der Waals surface area (Å²) in [5, 5.41) is -2.16. The normalized spacial score (nSPS) is 17.8. The second-order valence-corrected chi connectivity index (χ2v) is 10.8. The first kappa shape index (κ1) is 30.2. The highest BCUT2D eigenvalue weighted by Crippen LogP contribution is 2.41. The van der Waals surface area contributed by atoms with E-state index in [2.05, 4.69) is 0 Å². The molecule has 3 aromatic carbocycles. The summed E-state index contributed by atoms with van der Waals surface area (Å²) in [5.41, 5.74) is 0.828. The Labute approximate surface area is 256 Å². The lowest BCUT2D eigenvalue weighted by atomic mass is 10.0. The van der Waals surface area contributed by atoms with E-state index in [0.29, 0.717) is 22.9 Å². The van der Waals surface area contributed by atoms with Gasteiger partial charge in [0.15, 0.2) is 6.04 Å². The van der Waals surface area contributed by atoms with Crippen LogP contribution in [-0.2, 0) is 41.8 Å². The first-order valence-corrected chi connectivity index (χ1v) is 14.3. The number of methoxy groups -OCH3 is 1. The summed E-state index contributed by atoms with van der Waals surface area (Å²) in [6.45, 7) is 1.08. The van der Waals surface area contributed by atoms with Crippen molar-refractivity contribution >= 4 is 46.7 Å². The summed E-state index contributed by atoms with van der Waals surface area (Å²) in [6, 6.07) is 22.3. The van der Waals surface area contributed by atoms with Gasteiger partial charge >= 0.3 is 17.2 Å². The number of nitrogens with zero attached hydrogens (tertiary/aromatic N) is 2. The van der Waals surface area contributed by atoms with Crippen LogP contribution in [0.3, 0.4) is 0 Å². The van der Waals surface area contributed by atoms with E-state index in [9.17, 15) is 28.8 Å². The van der Waals surface area contributed by atoms with Gasteiger partial charge in [-0.2, -0.15) is 0 Å². The third-order valence-electron chi connectivity index (χ3n) is 7.03. The SMILES string of the molecule is COC(=O)C(=C(C)C(=O)OCc1ccccc1)N1C(=O)C(N2C(=O)c3ccccc3C2=O)C1SC(=O)OCc1ccccc1. The molecule has 0 N–H and O–H groups in total. The topological polar surface area (TPSA) is 137 Å². The number of β-lactam (4-membered cyclic amide) rings is 1. The standard InChI is InChI=1S/C32H26N2O9S/c1-19(30(38)42-17-20-11-5-3-6-12-20)24(31(39)41-2)34-28(37)25(33-26(35)22-15-9-10-16-23(22)27(33)36)29(34)44-32(40)43-18-21-13-7-4-8-14-21/h3-16,25,29H,17-18H2,1-2H3. The predicted octanol–water partition coefficient (Wildman–Crippen LogP) is 4.08. The summed E-state index contributed by atoms with van der Waals surface area (Å²) in [6.07, 6.45) is 0. The fourth-order valence-electron chi connectivity index (χ4n) is 4.81. The fraction of sp³-hybridized carbons (Fsp3) is 0.188. The lowest BCUT2D eigenvalue weighted by Gasteiger charge is -2.48. The van der Waals surface area contributed by atoms with E-state index in [1.807, 2.05) is 0 Å². The molecular weight excluding hydrogens is 588 g/mol. The molecule has 0 aliphatic carbocycles. The maximum Gasteiger partial charge on any atom is 0.369 e. The summed E-state index contributed by atoms with van der Waals surface area (Å²) in [4.78, 5) is 81.1. The van der Waals surface area contributed by atoms with Crippen LogP contribution in [0.2, 0.25) is 0 Å². The summed E-state index contributed by atoms with van der Waals surface area (Å²) in [7, 11) is 1.06. The highest BCUT2D eigenvalue weighted by molar-refractivity contribution is 8.13. The van der Waals surface area contributed by atoms with Crippen molar-refractivity contribution in [1.29, 1.82) is 0 Å². The second-order valence-electron chi connectivity index (χ2n) is 9.74. The summed E-state index contributed by atoms with van der Waals surface area (Å²) < 4.78 is 15.6. The number of carbonyl (C=O) groups excluding carboxylic acids is 6. The molecule has 2 unspecified atom stereocenters. The van der Waals surface area contributed by atoms with Gasteiger partial charge in [-0.15, -0.1) is 0 Å². The molecule has 12 heteroatoms. The smallest absolute Gasteiger partial charge is 0.369 e. The van der Waals surface area contributed by atoms with Crippen LogP contribution in [0.5, 0.6) is 0 Å². The van der Waals surface area contributed by atoms with Crippen LogP contribution in [-0.4, -0.2) is 63.3 Å². The molecule has 1 fully saturated rings. The maximum absolute atomic E-state index is 13.8. The van der Waals surface area contributed by atoms with E-state index >= 15 is 0 Å². The monoisotopic (exact) mass is 614 g/mol. The van der Waals surface area contributed by atoms with E-state index in [1.54, 1.807) is 72.8 Å². The number of imide groups is 1. The average Bonchev–Trinajstić information content (AvgIpc) is 3.30. The van der Waals surface area contributed by atoms with Crippen LogP contribution in [0.1, 0.15) is 38.8 Å². The Morgan fingerprint density at radius 2 is 1.23 bits per heavy atom. The Hall–Kier alpha value is -5.23. The largest absolute Gasteiger partial charge is 0.464 e. The Bertz CT molecular complexity index is 1640. The molecule has 11 nitrogen and oxygen atoms in total. The van der Waals surface area contributed by atoms with Crippen molar-refractivity contribution in [1.82, 2.24) is 9.80 Å². The molecule has 2 atom stereocenters. The number of esters is 2. The van der Waals surface area contributed by atoms with Gasteiger partial charge in [-0.25, -0.2) is 14.4 Å². The molecule has 224 valence electrons. The molecule has 0 bridgehead atoms. The summed E-state index contributed by atoms with van der Waals surface area (Å²) >= 11 is 0.495. The van der Waals surface area contributed by atoms with Crippen LogP contribution in [0.25, 0.3) is 0 Å². The molecule has 0 radical (unpaired) electrons. The number of benzene rings is 3. The van der Waals surface area contributed by atoms with E-state index in [-0.39, 0.29) is 29.9 Å². The van der Waals surface area contributed by atoms with Crippen LogP contribution < -0.4 is 0 Å². The summed E-state index contributed by atoms with van der Waals surface area (Å²) in [5.74, 6) is -4.30. The van der Waals surface area contributed by atoms with Gasteiger partial charge in [0, 0.05) is 0 Å². The van der Waals surface area contributed by atoms with E-state index < -0.39 is 52.1 Å². The Morgan fingerprint density at radius 1 is 0.727 bits per heavy atom. The number of thioether (sulfide) groups is 1. The van der Waals surface area contributed by atoms with Gasteiger partial charge in [0.25, 0.3) is 17.7 Å². The molecule has 0 aromatic heterocycles. The number of likely N-dealkylation sites (tertiary alicyclic amines) is 1. The minimum absolute atomic E-state index is 0.0877. The molecule has 5 rings (SSSR count). The quantitative estimate of drug-likeness (QED) is 0.114. The van der Waals surface area contributed by atoms with Crippen molar-refractivity contribution in [2.45, 2.75) is 31.6 Å². The average molecular weight is 615 g/mol. The molecule has 3 aromatic rings. The van der Waals surface area contributed by atoms with Crippen molar-refractivity contribution in [2.24, 2.45) is 0 Å². The highest BCUT2D eigenvalue weighted by Gasteiger charge is 2.60. The van der Waals surface area contributed by atoms with Crippen LogP contribution in [0.4, 0.5) is 4.79 Å². The van der Waals surface area contributed by atoms with Gasteiger partial charge in [0.05, 0.1) is 23.8 Å². The number of hydrogen-bond donors (Lipinski definition) is 0. The molecule has 0 spiro atoms. The van der Waals surface area contributed by atoms with Crippen LogP contribution >= 0.6 is 11.8 Å². The van der Waals surface area contributed by atoms with Crippen LogP contribution in [0, 0.1) is 0 Å². The minimum Gasteiger partial charge on any atom is -0.464 e. The van der Waals surface area contributed by atoms with Crippen molar-refractivity contribution in [3.63, 3.8) is 0 Å². The van der Waals surface area contributed by atoms with Gasteiger partial charge in [-0.05, 0) is 41.9 Å². The lowest BCUT2D eigenvalue weighted by molar-refractivity contribution is -0.153. The second kappa shape index (κ2) is 13.0. The first-order chi connectivity index (χ1) is 21.2. The van der Waals surface area contributed by atoms with Crippen molar-refractivity contribution in [3.8, 4) is 0 Å². The third kappa shape index (κ3) is 5.84. The van der Waals surface area contributed by atoms with E-state index in [1.165, 1.54) is 19.1 Å². The minimum atomic E-state index is -1.48. The van der Waals surface area contributed by atoms with Gasteiger partial charge in [-0.3, -0.25) is 24.2 Å². The molecule has 2 aliphatic heterocycles. The molecular formula is C32H26N2O9S. The van der Waals surface area contributed by atoms with Gasteiger partial charge in [0.2, 0.25) is 0 Å². The molecule has 1 saturated heterocycles. The molecule has 2 aliphatic rings. The Morgan fingerprint density at radius 3 is 1.75 bits per heavy atom. The van der Waals surface area contributed by atoms with Crippen molar-refractivity contribution < 1.29 is 43.0 Å². The van der Waals surface area contributed by atoms with E-state index in [0.717, 1.165) is 16.9 Å². The third-order valence-corrected chi connectivity index (χ3v) is 8.05. The maximum atomic E-state index is 13.8. The zero-order valence-electron chi connectivity index (χ0n) is 23.6. The molecule has 2 heterocycles. The van der Waals surface area contributed by atoms with Crippen molar-refractivity contribution in [3.05, 3.63) is 118 Å². The van der Waals surface area contributed by atoms with E-state index in [4.69, 9.17) is 14.2 Å². The Balaban J connectivity index is 1.46. The number of hydrogen-bond acceptors (Lipinski definition) is 10. The van der Waals surface area contributed by atoms with Crippen LogP contribution in [0.15, 0.2) is 96.2 Å². The van der Waals surface area contributed by atoms with Gasteiger partial charge in [0.1, 0.15) is 24.3 Å². The van der Waals surface area contributed by atoms with Crippen molar-refractivity contribution in [2.75, 3.05) is 7.11 Å². The first-order valence-electron chi connectivity index (χ1n) is 13.4. The lowest BCUT2D eigenvalue weighted by Crippen LogP contribution is -2.70. The predicted molar refractivity (Wildman–Crippen MR) is 157 cm³/mol. The molecule has 3 amide bonds. The number of rotatable bonds is 9. The molecule has 0 saturated carbocycles. The number of amides is 3. The Kier molecular flexibility index (Phi) is 8.91. The fourth-order valence-corrected chi connectivity index (χ4v) is 5.81. The zero-order valence-corrected chi connectivity index (χ0v) is 24.4. The van der Waals surface area contributed by atoms with Gasteiger partial charge in [-0.1, -0.05) is 72.8 Å². The highest BCUT2D eigenvalue weighted by atomic mass is 32.2. The number of fused-ring (bicyclic) bond motifs is 1. The van der Waals surface area contributed by atoms with Gasteiger partial charge < -0.3 is 14.2 Å². The number of carbonyl (C=O) groups is 6. The molecule has 44 heavy (non-hydrogen) atoms. The zero-order chi connectivity index (χ0) is 31.4.